The van der Waals surface area contributed by atoms with Gasteiger partial charge in [0.1, 0.15) is 18.7 Å². The highest BCUT2D eigenvalue weighted by molar-refractivity contribution is 5.89. The molecule has 0 aliphatic heterocycles. The molecule has 2 rings (SSSR count). The summed E-state index contributed by atoms with van der Waals surface area (Å²) >= 11 is 0. The molecule has 4 N–H and O–H groups in total. The standard InChI is InChI=1S/C17H22N2O6/c20-9-14(15(21)18-13(16(22)23)8-11-6-7-11)19-17(24)25-10-12-4-2-1-3-5-12/h1-5,11,13-14,20H,6-10H2,(H,18,21)(H,19,24)(H,22,23)/t13-,14+/m1/s1. The second kappa shape index (κ2) is 9.03. The number of carbonyl (C=O) groups is 3. The highest BCUT2D eigenvalue weighted by Crippen LogP contribution is 2.33. The lowest BCUT2D eigenvalue weighted by Gasteiger charge is -2.19. The molecule has 0 spiro atoms. The average molecular weight is 350 g/mol. The molecule has 1 aromatic rings. The molecule has 25 heavy (non-hydrogen) atoms. The van der Waals surface area contributed by atoms with E-state index in [4.69, 9.17) is 9.84 Å². The minimum atomic E-state index is -1.27. The van der Waals surface area contributed by atoms with E-state index < -0.39 is 36.7 Å². The monoisotopic (exact) mass is 350 g/mol. The number of aliphatic hydroxyl groups is 1. The Balaban J connectivity index is 1.81. The van der Waals surface area contributed by atoms with Gasteiger partial charge < -0.3 is 25.6 Å². The maximum atomic E-state index is 12.1. The fourth-order valence-corrected chi connectivity index (χ4v) is 2.28. The molecule has 8 heteroatoms. The van der Waals surface area contributed by atoms with Gasteiger partial charge in [-0.15, -0.1) is 0 Å². The summed E-state index contributed by atoms with van der Waals surface area (Å²) in [5.41, 5.74) is 0.776. The number of hydrogen-bond acceptors (Lipinski definition) is 5. The Morgan fingerprint density at radius 1 is 1.12 bits per heavy atom. The van der Waals surface area contributed by atoms with Crippen LogP contribution in [0.4, 0.5) is 4.79 Å². The van der Waals surface area contributed by atoms with E-state index >= 15 is 0 Å². The number of benzene rings is 1. The Kier molecular flexibility index (Phi) is 6.76. The van der Waals surface area contributed by atoms with Gasteiger partial charge in [0.15, 0.2) is 0 Å². The summed E-state index contributed by atoms with van der Waals surface area (Å²) in [5.74, 6) is -1.59. The molecule has 8 nitrogen and oxygen atoms in total. The van der Waals surface area contributed by atoms with Gasteiger partial charge in [0.05, 0.1) is 6.61 Å². The van der Waals surface area contributed by atoms with E-state index in [2.05, 4.69) is 10.6 Å². The Morgan fingerprint density at radius 3 is 2.36 bits per heavy atom. The lowest BCUT2D eigenvalue weighted by atomic mass is 10.1. The number of aliphatic hydroxyl groups excluding tert-OH is 1. The number of carbonyl (C=O) groups excluding carboxylic acids is 2. The molecule has 0 heterocycles. The van der Waals surface area contributed by atoms with Crippen molar-refractivity contribution in [2.45, 2.75) is 38.0 Å². The first-order chi connectivity index (χ1) is 12.0. The lowest BCUT2D eigenvalue weighted by molar-refractivity contribution is -0.142. The second-order valence-corrected chi connectivity index (χ2v) is 6.02. The molecular weight excluding hydrogens is 328 g/mol. The van der Waals surface area contributed by atoms with Crippen LogP contribution < -0.4 is 10.6 Å². The van der Waals surface area contributed by atoms with E-state index in [1.807, 2.05) is 6.07 Å². The number of aliphatic carboxylic acids is 1. The third-order valence-electron chi connectivity index (χ3n) is 3.88. The zero-order valence-corrected chi connectivity index (χ0v) is 13.7. The molecule has 136 valence electrons. The van der Waals surface area contributed by atoms with Gasteiger partial charge in [-0.3, -0.25) is 4.79 Å². The van der Waals surface area contributed by atoms with Crippen molar-refractivity contribution in [1.82, 2.24) is 10.6 Å². The van der Waals surface area contributed by atoms with Crippen molar-refractivity contribution in [1.29, 1.82) is 0 Å². The van der Waals surface area contributed by atoms with Crippen LogP contribution in [0.3, 0.4) is 0 Å². The number of rotatable bonds is 9. The fourth-order valence-electron chi connectivity index (χ4n) is 2.28. The quantitative estimate of drug-likeness (QED) is 0.518. The Hall–Kier alpha value is -2.61. The molecule has 1 fully saturated rings. The third kappa shape index (κ3) is 6.42. The molecule has 0 unspecified atom stereocenters. The molecule has 0 saturated heterocycles. The number of ether oxygens (including phenoxy) is 1. The molecular formula is C17H22N2O6. The van der Waals surface area contributed by atoms with E-state index in [0.717, 1.165) is 18.4 Å². The first-order valence-corrected chi connectivity index (χ1v) is 8.11. The van der Waals surface area contributed by atoms with E-state index in [9.17, 15) is 19.5 Å². The van der Waals surface area contributed by atoms with Crippen LogP contribution in [0.15, 0.2) is 30.3 Å². The number of nitrogens with one attached hydrogen (secondary N) is 2. The van der Waals surface area contributed by atoms with Crippen LogP contribution in [0.1, 0.15) is 24.8 Å². The number of hydrogen-bond donors (Lipinski definition) is 4. The van der Waals surface area contributed by atoms with E-state index in [1.54, 1.807) is 24.3 Å². The van der Waals surface area contributed by atoms with E-state index in [0.29, 0.717) is 12.3 Å². The van der Waals surface area contributed by atoms with Gasteiger partial charge in [0.25, 0.3) is 0 Å². The van der Waals surface area contributed by atoms with Crippen LogP contribution in [0, 0.1) is 5.92 Å². The SMILES string of the molecule is O=C(N[C@@H](CO)C(=O)N[C@H](CC1CC1)C(=O)O)OCc1ccccc1. The minimum Gasteiger partial charge on any atom is -0.480 e. The molecule has 0 radical (unpaired) electrons. The number of alkyl carbamates (subject to hydrolysis) is 1. The highest BCUT2D eigenvalue weighted by atomic mass is 16.5. The van der Waals surface area contributed by atoms with Crippen molar-refractivity contribution in [2.75, 3.05) is 6.61 Å². The summed E-state index contributed by atoms with van der Waals surface area (Å²) in [6.07, 6.45) is 1.38. The average Bonchev–Trinajstić information content (AvgIpc) is 3.42. The van der Waals surface area contributed by atoms with Crippen molar-refractivity contribution in [3.63, 3.8) is 0 Å². The zero-order chi connectivity index (χ0) is 18.2. The molecule has 1 aromatic carbocycles. The molecule has 1 aliphatic rings. The van der Waals surface area contributed by atoms with Gasteiger partial charge in [-0.1, -0.05) is 43.2 Å². The summed E-state index contributed by atoms with van der Waals surface area (Å²) in [6, 6.07) is 6.67. The predicted octanol–water partition coefficient (Wildman–Crippen LogP) is 0.643. The van der Waals surface area contributed by atoms with Crippen molar-refractivity contribution < 1.29 is 29.3 Å². The first-order valence-electron chi connectivity index (χ1n) is 8.11. The fraction of sp³-hybridized carbons (Fsp3) is 0.471. The Morgan fingerprint density at radius 2 is 1.80 bits per heavy atom. The van der Waals surface area contributed by atoms with Crippen LogP contribution >= 0.6 is 0 Å². The van der Waals surface area contributed by atoms with Crippen molar-refractivity contribution in [3.05, 3.63) is 35.9 Å². The summed E-state index contributed by atoms with van der Waals surface area (Å²) in [5, 5.41) is 23.0. The third-order valence-corrected chi connectivity index (χ3v) is 3.88. The van der Waals surface area contributed by atoms with Crippen LogP contribution in [-0.4, -0.2) is 46.9 Å². The predicted molar refractivity (Wildman–Crippen MR) is 87.5 cm³/mol. The molecule has 0 aromatic heterocycles. The van der Waals surface area contributed by atoms with Crippen LogP contribution in [-0.2, 0) is 20.9 Å². The minimum absolute atomic E-state index is 0.0197. The summed E-state index contributed by atoms with van der Waals surface area (Å²) in [7, 11) is 0. The van der Waals surface area contributed by atoms with Crippen molar-refractivity contribution in [2.24, 2.45) is 5.92 Å². The van der Waals surface area contributed by atoms with Gasteiger partial charge in [0, 0.05) is 0 Å². The molecule has 1 saturated carbocycles. The molecule has 1 aliphatic carbocycles. The molecule has 0 bridgehead atoms. The van der Waals surface area contributed by atoms with Crippen molar-refractivity contribution >= 4 is 18.0 Å². The van der Waals surface area contributed by atoms with Gasteiger partial charge in [-0.25, -0.2) is 9.59 Å². The maximum Gasteiger partial charge on any atom is 0.408 e. The first kappa shape index (κ1) is 18.7. The molecule has 2 atom stereocenters. The Bertz CT molecular complexity index is 602. The summed E-state index contributed by atoms with van der Waals surface area (Å²) < 4.78 is 4.98. The van der Waals surface area contributed by atoms with Gasteiger partial charge in [-0.2, -0.15) is 0 Å². The van der Waals surface area contributed by atoms with Gasteiger partial charge >= 0.3 is 12.1 Å². The second-order valence-electron chi connectivity index (χ2n) is 6.02. The van der Waals surface area contributed by atoms with Crippen LogP contribution in [0.5, 0.6) is 0 Å². The van der Waals surface area contributed by atoms with Crippen LogP contribution in [0.2, 0.25) is 0 Å². The highest BCUT2D eigenvalue weighted by Gasteiger charge is 2.32. The number of carboxylic acid groups (broad SMARTS) is 1. The normalized spacial score (nSPS) is 15.7. The molecule has 2 amide bonds. The summed E-state index contributed by atoms with van der Waals surface area (Å²) in [6.45, 7) is -0.645. The lowest BCUT2D eigenvalue weighted by Crippen LogP contribution is -2.53. The Labute approximate surface area is 145 Å². The number of amides is 2. The zero-order valence-electron chi connectivity index (χ0n) is 13.7. The largest absolute Gasteiger partial charge is 0.480 e. The van der Waals surface area contributed by atoms with Gasteiger partial charge in [0.2, 0.25) is 5.91 Å². The number of carboxylic acids is 1. The topological polar surface area (TPSA) is 125 Å². The van der Waals surface area contributed by atoms with Crippen molar-refractivity contribution in [3.8, 4) is 0 Å². The maximum absolute atomic E-state index is 12.1. The van der Waals surface area contributed by atoms with E-state index in [1.165, 1.54) is 0 Å². The smallest absolute Gasteiger partial charge is 0.408 e. The van der Waals surface area contributed by atoms with Gasteiger partial charge in [-0.05, 0) is 17.9 Å². The van der Waals surface area contributed by atoms with Crippen LogP contribution in [0.25, 0.3) is 0 Å². The summed E-state index contributed by atoms with van der Waals surface area (Å²) in [4.78, 5) is 35.1. The van der Waals surface area contributed by atoms with E-state index in [-0.39, 0.29) is 6.61 Å².